The van der Waals surface area contributed by atoms with E-state index in [-0.39, 0.29) is 33.0 Å². The summed E-state index contributed by atoms with van der Waals surface area (Å²) in [5, 5.41) is 1.66. The van der Waals surface area contributed by atoms with Crippen LogP contribution in [0.5, 0.6) is 0 Å². The summed E-state index contributed by atoms with van der Waals surface area (Å²) in [6.07, 6.45) is 2.01. The van der Waals surface area contributed by atoms with Crippen LogP contribution in [0.1, 0.15) is 36.5 Å². The van der Waals surface area contributed by atoms with Crippen molar-refractivity contribution in [3.05, 3.63) is 58.4 Å². The van der Waals surface area contributed by atoms with Gasteiger partial charge in [-0.15, -0.1) is 0 Å². The fraction of sp³-hybridized carbons (Fsp3) is 0.500. The molecular weight excluding hydrogens is 529 g/mol. The number of amides is 1. The van der Waals surface area contributed by atoms with Gasteiger partial charge in [0, 0.05) is 42.5 Å². The fourth-order valence-corrected chi connectivity index (χ4v) is 8.80. The first-order valence-electron chi connectivity index (χ1n) is 12.4. The summed E-state index contributed by atoms with van der Waals surface area (Å²) in [4.78, 5) is 15.1. The molecule has 2 saturated carbocycles. The van der Waals surface area contributed by atoms with Gasteiger partial charge < -0.3 is 10.1 Å². The number of morpholine rings is 1. The molecule has 2 aromatic carbocycles. The zero-order chi connectivity index (χ0) is 26.5. The van der Waals surface area contributed by atoms with Crippen LogP contribution in [0.25, 0.3) is 0 Å². The van der Waals surface area contributed by atoms with E-state index in [2.05, 4.69) is 17.1 Å². The smallest absolute Gasteiger partial charge is 0.255 e. The minimum Gasteiger partial charge on any atom is -0.379 e. The van der Waals surface area contributed by atoms with E-state index in [0.29, 0.717) is 50.1 Å². The van der Waals surface area contributed by atoms with E-state index in [9.17, 15) is 26.4 Å². The van der Waals surface area contributed by atoms with Crippen LogP contribution in [0.3, 0.4) is 0 Å². The summed E-state index contributed by atoms with van der Waals surface area (Å²) >= 11 is 6.32. The number of hydrogen-bond acceptors (Lipinski definition) is 5. The Morgan fingerprint density at radius 3 is 2.38 bits per heavy atom. The van der Waals surface area contributed by atoms with Crippen molar-refractivity contribution < 1.29 is 31.1 Å². The number of anilines is 1. The lowest BCUT2D eigenvalue weighted by molar-refractivity contribution is -0.0127. The Balaban J connectivity index is 1.37. The van der Waals surface area contributed by atoms with Crippen molar-refractivity contribution in [2.45, 2.75) is 42.4 Å². The molecule has 1 N–H and O–H groups in total. The molecule has 200 valence electrons. The third kappa shape index (κ3) is 5.01. The second-order valence-electron chi connectivity index (χ2n) is 10.3. The third-order valence-corrected chi connectivity index (χ3v) is 10.7. The average Bonchev–Trinajstić information content (AvgIpc) is 3.06. The van der Waals surface area contributed by atoms with Crippen molar-refractivity contribution in [1.29, 1.82) is 0 Å². The summed E-state index contributed by atoms with van der Waals surface area (Å²) in [7, 11) is -3.87. The van der Waals surface area contributed by atoms with Crippen molar-refractivity contribution in [3.63, 3.8) is 0 Å². The molecule has 0 aromatic heterocycles. The lowest BCUT2D eigenvalue weighted by Crippen LogP contribution is -2.52. The molecule has 1 aliphatic heterocycles. The van der Waals surface area contributed by atoms with Crippen molar-refractivity contribution in [1.82, 2.24) is 4.90 Å². The van der Waals surface area contributed by atoms with Crippen LogP contribution in [-0.4, -0.2) is 56.8 Å². The number of carbonyl (C=O) groups excluding carboxylic acids is 1. The predicted molar refractivity (Wildman–Crippen MR) is 133 cm³/mol. The van der Waals surface area contributed by atoms with Gasteiger partial charge in [0.25, 0.3) is 5.91 Å². The van der Waals surface area contributed by atoms with Gasteiger partial charge in [0.2, 0.25) is 0 Å². The normalized spacial score (nSPS) is 28.3. The monoisotopic (exact) mass is 556 g/mol. The lowest BCUT2D eigenvalue weighted by Gasteiger charge is -2.44. The van der Waals surface area contributed by atoms with Gasteiger partial charge in [0.1, 0.15) is 0 Å². The number of benzene rings is 2. The standard InChI is InChI=1S/C26H28ClF3N2O4S/c1-14-8-16-9-18(13-19(14)25(16)32-4-6-36-7-5-32)37(34,35)23-10-15(2-3-20(23)27)26(33)31-17-11-21(28)24(30)22(29)12-17/h2-3,10-12,14,16,18-19,25H,4-9,13H2,1H3,(H,31,33)/t14-,16?,18+,19?,25?/m0/s1. The van der Waals surface area contributed by atoms with Crippen molar-refractivity contribution in [2.24, 2.45) is 17.8 Å². The SMILES string of the molecule is C[C@H]1CC2C[C@@H](S(=O)(=O)c3cc(C(=O)Nc4cc(F)c(F)c(F)c4)ccc3Cl)CC1C2N1CCOCC1. The number of carbonyl (C=O) groups is 1. The van der Waals surface area contributed by atoms with Crippen LogP contribution < -0.4 is 5.32 Å². The molecule has 2 bridgehead atoms. The van der Waals surface area contributed by atoms with Gasteiger partial charge in [-0.25, -0.2) is 21.6 Å². The molecule has 2 aliphatic carbocycles. The highest BCUT2D eigenvalue weighted by molar-refractivity contribution is 7.92. The van der Waals surface area contributed by atoms with Gasteiger partial charge in [-0.05, 0) is 55.2 Å². The van der Waals surface area contributed by atoms with Crippen molar-refractivity contribution in [2.75, 3.05) is 31.6 Å². The summed E-state index contributed by atoms with van der Waals surface area (Å²) in [6.45, 7) is 5.27. The number of ether oxygens (including phenoxy) is 1. The minimum absolute atomic E-state index is 0.00567. The number of halogens is 4. The van der Waals surface area contributed by atoms with Gasteiger partial charge in [-0.1, -0.05) is 18.5 Å². The predicted octanol–water partition coefficient (Wildman–Crippen LogP) is 4.92. The van der Waals surface area contributed by atoms with Crippen molar-refractivity contribution in [3.8, 4) is 0 Å². The average molecular weight is 557 g/mol. The first-order chi connectivity index (χ1) is 17.6. The van der Waals surface area contributed by atoms with Gasteiger partial charge in [0.05, 0.1) is 28.4 Å². The molecule has 0 radical (unpaired) electrons. The number of nitrogens with one attached hydrogen (secondary N) is 1. The molecule has 2 aromatic rings. The number of rotatable bonds is 5. The van der Waals surface area contributed by atoms with Crippen molar-refractivity contribution >= 4 is 33.0 Å². The summed E-state index contributed by atoms with van der Waals surface area (Å²) in [6, 6.07) is 5.48. The molecular formula is C26H28ClF3N2O4S. The molecule has 6 nitrogen and oxygen atoms in total. The molecule has 1 amide bonds. The number of fused-ring (bicyclic) bond motifs is 2. The fourth-order valence-electron chi connectivity index (χ4n) is 6.39. The van der Waals surface area contributed by atoms with Gasteiger partial charge in [0.15, 0.2) is 27.3 Å². The quantitative estimate of drug-likeness (QED) is 0.529. The summed E-state index contributed by atoms with van der Waals surface area (Å²) in [5.41, 5.74) is -0.348. The highest BCUT2D eigenvalue weighted by atomic mass is 35.5. The molecule has 5 atom stereocenters. The zero-order valence-electron chi connectivity index (χ0n) is 20.2. The van der Waals surface area contributed by atoms with Crippen LogP contribution in [0.2, 0.25) is 5.02 Å². The number of sulfone groups is 1. The first kappa shape index (κ1) is 26.5. The van der Waals surface area contributed by atoms with Crippen LogP contribution >= 0.6 is 11.6 Å². The maximum Gasteiger partial charge on any atom is 0.255 e. The van der Waals surface area contributed by atoms with E-state index in [1.165, 1.54) is 18.2 Å². The second-order valence-corrected chi connectivity index (χ2v) is 12.9. The van der Waals surface area contributed by atoms with E-state index < -0.39 is 38.4 Å². The van der Waals surface area contributed by atoms with Crippen LogP contribution in [0, 0.1) is 35.2 Å². The molecule has 0 spiro atoms. The Morgan fingerprint density at radius 2 is 1.73 bits per heavy atom. The number of nitrogens with zero attached hydrogens (tertiary/aromatic N) is 1. The molecule has 3 aliphatic rings. The maximum absolute atomic E-state index is 13.8. The van der Waals surface area contributed by atoms with Gasteiger partial charge >= 0.3 is 0 Å². The van der Waals surface area contributed by atoms with Gasteiger partial charge in [-0.3, -0.25) is 9.69 Å². The van der Waals surface area contributed by atoms with E-state index in [1.807, 2.05) is 0 Å². The largest absolute Gasteiger partial charge is 0.379 e. The van der Waals surface area contributed by atoms with Crippen LogP contribution in [0.4, 0.5) is 18.9 Å². The van der Waals surface area contributed by atoms with Crippen LogP contribution in [0.15, 0.2) is 35.2 Å². The molecule has 37 heavy (non-hydrogen) atoms. The molecule has 1 heterocycles. The highest BCUT2D eigenvalue weighted by Gasteiger charge is 2.52. The Hall–Kier alpha value is -2.14. The molecule has 1 saturated heterocycles. The summed E-state index contributed by atoms with van der Waals surface area (Å²) in [5.74, 6) is -4.46. The van der Waals surface area contributed by atoms with E-state index in [4.69, 9.17) is 16.3 Å². The topological polar surface area (TPSA) is 75.7 Å². The van der Waals surface area contributed by atoms with Crippen LogP contribution in [-0.2, 0) is 14.6 Å². The minimum atomic E-state index is -3.87. The molecule has 3 fully saturated rings. The third-order valence-electron chi connectivity index (χ3n) is 8.08. The van der Waals surface area contributed by atoms with E-state index in [1.54, 1.807) is 0 Å². The maximum atomic E-state index is 13.8. The van der Waals surface area contributed by atoms with E-state index in [0.717, 1.165) is 19.5 Å². The van der Waals surface area contributed by atoms with Gasteiger partial charge in [-0.2, -0.15) is 0 Å². The molecule has 3 unspecified atom stereocenters. The Labute approximate surface area is 219 Å². The summed E-state index contributed by atoms with van der Waals surface area (Å²) < 4.78 is 73.4. The zero-order valence-corrected chi connectivity index (χ0v) is 21.8. The van der Waals surface area contributed by atoms with E-state index >= 15 is 0 Å². The Bertz CT molecular complexity index is 1300. The lowest BCUT2D eigenvalue weighted by atomic mass is 9.81. The Morgan fingerprint density at radius 1 is 1.05 bits per heavy atom. The highest BCUT2D eigenvalue weighted by Crippen LogP contribution is 2.51. The Kier molecular flexibility index (Phi) is 7.30. The molecule has 11 heteroatoms. The number of hydrogen-bond donors (Lipinski definition) is 1. The first-order valence-corrected chi connectivity index (χ1v) is 14.3. The molecule has 5 rings (SSSR count). The second kappa shape index (κ2) is 10.2.